The summed E-state index contributed by atoms with van der Waals surface area (Å²) in [5.74, 6) is 0.702. The first kappa shape index (κ1) is 11.8. The maximum absolute atomic E-state index is 12.2. The Kier molecular flexibility index (Phi) is 4.25. The first-order chi connectivity index (χ1) is 6.31. The van der Waals surface area contributed by atoms with Crippen LogP contribution in [0.2, 0.25) is 0 Å². The normalized spacial score (nSPS) is 26.0. The molecule has 0 radical (unpaired) electrons. The molecule has 0 aromatic heterocycles. The van der Waals surface area contributed by atoms with E-state index in [1.165, 1.54) is 0 Å². The van der Waals surface area contributed by atoms with Gasteiger partial charge in [0.1, 0.15) is 0 Å². The molecule has 0 spiro atoms. The summed E-state index contributed by atoms with van der Waals surface area (Å²) in [5.41, 5.74) is 0. The van der Waals surface area contributed by atoms with Gasteiger partial charge in [0.2, 0.25) is 0 Å². The predicted octanol–water partition coefficient (Wildman–Crippen LogP) is -0.889. The van der Waals surface area contributed by atoms with Crippen LogP contribution in [0.4, 0.5) is 0 Å². The van der Waals surface area contributed by atoms with Gasteiger partial charge in [0.05, 0.1) is 9.73 Å². The SMILES string of the molecule is O=[S@@]1(c2[c-]cccc2)=NCCCC1.[Li+]. The van der Waals surface area contributed by atoms with Crippen LogP contribution in [0.25, 0.3) is 0 Å². The summed E-state index contributed by atoms with van der Waals surface area (Å²) in [5, 5.41) is 0. The van der Waals surface area contributed by atoms with Crippen molar-refractivity contribution < 1.29 is 23.1 Å². The minimum Gasteiger partial charge on any atom is -0.247 e. The van der Waals surface area contributed by atoms with E-state index >= 15 is 0 Å². The van der Waals surface area contributed by atoms with Gasteiger partial charge in [-0.3, -0.25) is 0 Å². The van der Waals surface area contributed by atoms with Gasteiger partial charge in [-0.15, -0.1) is 0 Å². The van der Waals surface area contributed by atoms with E-state index in [-0.39, 0.29) is 18.9 Å². The van der Waals surface area contributed by atoms with Crippen molar-refractivity contribution in [3.8, 4) is 0 Å². The molecule has 14 heavy (non-hydrogen) atoms. The Morgan fingerprint density at radius 2 is 2.21 bits per heavy atom. The summed E-state index contributed by atoms with van der Waals surface area (Å²) in [6, 6.07) is 10.4. The van der Waals surface area contributed by atoms with Crippen molar-refractivity contribution in [1.82, 2.24) is 0 Å². The summed E-state index contributed by atoms with van der Waals surface area (Å²) < 4.78 is 16.4. The quantitative estimate of drug-likeness (QED) is 0.428. The van der Waals surface area contributed by atoms with Gasteiger partial charge < -0.3 is 0 Å². The molecular weight excluding hydrogens is 189 g/mol. The van der Waals surface area contributed by atoms with E-state index in [0.717, 1.165) is 24.3 Å². The van der Waals surface area contributed by atoms with Crippen LogP contribution in [0.15, 0.2) is 33.5 Å². The molecule has 0 fully saturated rings. The van der Waals surface area contributed by atoms with Gasteiger partial charge in [-0.25, -0.2) is 8.57 Å². The average molecular weight is 201 g/mol. The van der Waals surface area contributed by atoms with Crippen LogP contribution in [0.5, 0.6) is 0 Å². The van der Waals surface area contributed by atoms with E-state index in [1.807, 2.05) is 18.2 Å². The van der Waals surface area contributed by atoms with Gasteiger partial charge in [-0.1, -0.05) is 4.90 Å². The Balaban J connectivity index is 0.000000980. The van der Waals surface area contributed by atoms with Gasteiger partial charge in [0.15, 0.2) is 0 Å². The fourth-order valence-electron chi connectivity index (χ4n) is 1.44. The van der Waals surface area contributed by atoms with Crippen molar-refractivity contribution in [2.24, 2.45) is 4.36 Å². The van der Waals surface area contributed by atoms with E-state index in [1.54, 1.807) is 6.07 Å². The molecule has 0 saturated carbocycles. The second-order valence-electron chi connectivity index (χ2n) is 3.13. The molecule has 0 saturated heterocycles. The number of benzene rings is 1. The Morgan fingerprint density at radius 3 is 2.79 bits per heavy atom. The molecule has 1 atom stereocenters. The van der Waals surface area contributed by atoms with Crippen molar-refractivity contribution in [3.63, 3.8) is 0 Å². The number of hydrogen-bond donors (Lipinski definition) is 0. The largest absolute Gasteiger partial charge is 1.00 e. The molecule has 70 valence electrons. The maximum Gasteiger partial charge on any atom is 1.00 e. The van der Waals surface area contributed by atoms with E-state index in [4.69, 9.17) is 0 Å². The topological polar surface area (TPSA) is 29.4 Å². The van der Waals surface area contributed by atoms with Gasteiger partial charge in [0, 0.05) is 12.3 Å². The molecule has 1 aromatic rings. The Morgan fingerprint density at radius 1 is 1.36 bits per heavy atom. The molecule has 2 nitrogen and oxygen atoms in total. The zero-order valence-corrected chi connectivity index (χ0v) is 9.22. The Bertz CT molecular complexity index is 396. The summed E-state index contributed by atoms with van der Waals surface area (Å²) in [6.45, 7) is 0.738. The first-order valence-electron chi connectivity index (χ1n) is 4.49. The van der Waals surface area contributed by atoms with Crippen LogP contribution in [0.1, 0.15) is 12.8 Å². The molecule has 2 rings (SSSR count). The van der Waals surface area contributed by atoms with Gasteiger partial charge in [-0.05, 0) is 12.8 Å². The molecule has 1 aliphatic rings. The summed E-state index contributed by atoms with van der Waals surface area (Å²) >= 11 is 0. The van der Waals surface area contributed by atoms with Gasteiger partial charge in [0.25, 0.3) is 0 Å². The summed E-state index contributed by atoms with van der Waals surface area (Å²) in [4.78, 5) is 0.773. The molecule has 0 bridgehead atoms. The molecule has 0 aliphatic carbocycles. The van der Waals surface area contributed by atoms with E-state index < -0.39 is 9.73 Å². The maximum atomic E-state index is 12.2. The van der Waals surface area contributed by atoms with E-state index in [9.17, 15) is 4.21 Å². The summed E-state index contributed by atoms with van der Waals surface area (Å²) in [7, 11) is -2.10. The summed E-state index contributed by atoms with van der Waals surface area (Å²) in [6.07, 6.45) is 2.09. The van der Waals surface area contributed by atoms with Gasteiger partial charge >= 0.3 is 18.9 Å². The average Bonchev–Trinajstić information content (AvgIpc) is 2.20. The van der Waals surface area contributed by atoms with Crippen LogP contribution in [-0.2, 0) is 9.73 Å². The second kappa shape index (κ2) is 5.02. The monoisotopic (exact) mass is 201 g/mol. The molecule has 0 N–H and O–H groups in total. The van der Waals surface area contributed by atoms with Crippen LogP contribution < -0.4 is 18.9 Å². The van der Waals surface area contributed by atoms with Crippen LogP contribution >= 0.6 is 0 Å². The fraction of sp³-hybridized carbons (Fsp3) is 0.400. The first-order valence-corrected chi connectivity index (χ1v) is 6.17. The van der Waals surface area contributed by atoms with Crippen LogP contribution in [0.3, 0.4) is 0 Å². The van der Waals surface area contributed by atoms with Crippen molar-refractivity contribution in [2.75, 3.05) is 12.3 Å². The zero-order chi connectivity index (χ0) is 9.15. The molecule has 0 unspecified atom stereocenters. The third kappa shape index (κ3) is 2.42. The second-order valence-corrected chi connectivity index (χ2v) is 5.52. The van der Waals surface area contributed by atoms with Crippen molar-refractivity contribution in [2.45, 2.75) is 17.7 Å². The molecule has 0 amide bonds. The van der Waals surface area contributed by atoms with Gasteiger partial charge in [-0.2, -0.15) is 30.3 Å². The molecule has 1 aromatic carbocycles. The standard InChI is InChI=1S/C10H12NOS.Li/c12-13(9-5-4-8-11-13)10-6-2-1-3-7-10;/h1-3,6H,4-5,8-9H2;/q-1;+1/t13-;/m0./s1. The van der Waals surface area contributed by atoms with E-state index in [0.29, 0.717) is 5.75 Å². The molecule has 4 heteroatoms. The van der Waals surface area contributed by atoms with Crippen LogP contribution in [-0.4, -0.2) is 16.5 Å². The number of rotatable bonds is 1. The number of nitrogens with zero attached hydrogens (tertiary/aromatic N) is 1. The van der Waals surface area contributed by atoms with Crippen molar-refractivity contribution in [3.05, 3.63) is 30.3 Å². The molecule has 1 heterocycles. The minimum absolute atomic E-state index is 0. The number of hydrogen-bond acceptors (Lipinski definition) is 2. The van der Waals surface area contributed by atoms with Crippen molar-refractivity contribution in [1.29, 1.82) is 0 Å². The third-order valence-corrected chi connectivity index (χ3v) is 4.54. The van der Waals surface area contributed by atoms with Crippen molar-refractivity contribution >= 4 is 9.73 Å². The van der Waals surface area contributed by atoms with E-state index in [2.05, 4.69) is 10.4 Å². The Hall–Kier alpha value is -0.233. The smallest absolute Gasteiger partial charge is 0.247 e. The zero-order valence-electron chi connectivity index (χ0n) is 8.40. The fourth-order valence-corrected chi connectivity index (χ4v) is 3.49. The molecular formula is C10H12LiNOS. The predicted molar refractivity (Wildman–Crippen MR) is 53.1 cm³/mol. The van der Waals surface area contributed by atoms with Crippen LogP contribution in [0, 0.1) is 6.07 Å². The minimum atomic E-state index is -2.10. The Labute approximate surface area is 97.5 Å². The molecule has 1 aliphatic heterocycles. The third-order valence-electron chi connectivity index (χ3n) is 2.15.